The molecule has 0 aliphatic carbocycles. The summed E-state index contributed by atoms with van der Waals surface area (Å²) >= 11 is 3.40. The Balaban J connectivity index is 3.41. The molecule has 0 spiro atoms. The van der Waals surface area contributed by atoms with E-state index in [1.807, 2.05) is 0 Å². The molecule has 1 nitrogen and oxygen atoms in total. The Morgan fingerprint density at radius 3 is 2.45 bits per heavy atom. The highest BCUT2D eigenvalue weighted by molar-refractivity contribution is 9.09. The number of ether oxygens (including phenoxy) is 1. The van der Waals surface area contributed by atoms with Gasteiger partial charge in [-0.15, -0.1) is 0 Å². The van der Waals surface area contributed by atoms with Gasteiger partial charge in [-0.1, -0.05) is 29.8 Å². The van der Waals surface area contributed by atoms with Crippen LogP contribution in [0.4, 0.5) is 0 Å². The van der Waals surface area contributed by atoms with Crippen molar-refractivity contribution in [3.63, 3.8) is 0 Å². The summed E-state index contributed by atoms with van der Waals surface area (Å²) < 4.78 is 5.26. The predicted octanol–water partition coefficient (Wildman–Crippen LogP) is 3.39. The largest absolute Gasteiger partial charge is 0.375 e. The van der Waals surface area contributed by atoms with E-state index in [0.29, 0.717) is 5.92 Å². The molecule has 11 heavy (non-hydrogen) atoms. The topological polar surface area (TPSA) is 9.23 Å². The van der Waals surface area contributed by atoms with Crippen molar-refractivity contribution in [3.8, 4) is 0 Å². The smallest absolute Gasteiger partial charge is 0.0969 e. The molecule has 0 atom stereocenters. The van der Waals surface area contributed by atoms with Crippen LogP contribution in [0.15, 0.2) is 0 Å². The van der Waals surface area contributed by atoms with Gasteiger partial charge in [-0.2, -0.15) is 0 Å². The van der Waals surface area contributed by atoms with Gasteiger partial charge in [0.2, 0.25) is 0 Å². The van der Waals surface area contributed by atoms with Crippen molar-refractivity contribution in [2.45, 2.75) is 33.1 Å². The van der Waals surface area contributed by atoms with Crippen LogP contribution in [-0.2, 0) is 4.74 Å². The summed E-state index contributed by atoms with van der Waals surface area (Å²) in [5.41, 5.74) is 0. The summed E-state index contributed by atoms with van der Waals surface area (Å²) in [5.74, 6) is 0.709. The zero-order chi connectivity index (χ0) is 8.69. The van der Waals surface area contributed by atoms with Crippen LogP contribution in [0.25, 0.3) is 0 Å². The molecule has 0 aliphatic heterocycles. The molecule has 0 rings (SSSR count). The lowest BCUT2D eigenvalue weighted by Gasteiger charge is -2.15. The first kappa shape index (κ1) is 11.4. The van der Waals surface area contributed by atoms with E-state index in [1.54, 1.807) is 7.11 Å². The molecular weight excluding hydrogens is 204 g/mol. The van der Waals surface area contributed by atoms with Gasteiger partial charge in [-0.3, -0.25) is 0 Å². The highest BCUT2D eigenvalue weighted by atomic mass is 79.9. The second-order valence-electron chi connectivity index (χ2n) is 3.13. The van der Waals surface area contributed by atoms with Gasteiger partial charge in [0.15, 0.2) is 0 Å². The first-order valence-corrected chi connectivity index (χ1v) is 5.27. The van der Waals surface area contributed by atoms with E-state index in [2.05, 4.69) is 29.8 Å². The van der Waals surface area contributed by atoms with E-state index >= 15 is 0 Å². The minimum Gasteiger partial charge on any atom is -0.375 e. The third-order valence-electron chi connectivity index (χ3n) is 1.51. The first-order valence-electron chi connectivity index (χ1n) is 4.15. The third kappa shape index (κ3) is 6.82. The Bertz CT molecular complexity index is 83.6. The van der Waals surface area contributed by atoms with Crippen LogP contribution >= 0.6 is 15.9 Å². The molecule has 0 fully saturated rings. The van der Waals surface area contributed by atoms with Crippen LogP contribution in [-0.4, -0.2) is 12.4 Å². The lowest BCUT2D eigenvalue weighted by Crippen LogP contribution is -2.04. The highest BCUT2D eigenvalue weighted by Crippen LogP contribution is 2.19. The number of alkyl halides is 1. The van der Waals surface area contributed by atoms with Gasteiger partial charge in [0.1, 0.15) is 0 Å². The average molecular weight is 222 g/mol. The maximum absolute atomic E-state index is 5.26. The van der Waals surface area contributed by atoms with Gasteiger partial charge >= 0.3 is 0 Å². The quantitative estimate of drug-likeness (QED) is 0.626. The molecule has 0 aromatic carbocycles. The fourth-order valence-electron chi connectivity index (χ4n) is 1.01. The molecule has 0 heterocycles. The molecule has 0 bridgehead atoms. The van der Waals surface area contributed by atoms with Crippen molar-refractivity contribution in [2.75, 3.05) is 12.4 Å². The monoisotopic (exact) mass is 221 g/mol. The van der Waals surface area contributed by atoms with E-state index in [4.69, 9.17) is 4.74 Å². The van der Waals surface area contributed by atoms with Crippen molar-refractivity contribution in [1.82, 2.24) is 0 Å². The molecule has 0 unspecified atom stereocenters. The second-order valence-corrected chi connectivity index (χ2v) is 3.93. The predicted molar refractivity (Wildman–Crippen MR) is 52.7 cm³/mol. The first-order chi connectivity index (χ1) is 5.20. The standard InChI is InChI=1S/C9H18BrO/c1-8(2)7-9(11-3)5-4-6-10/h8H,4-7H2,1-3H3. The molecule has 0 aromatic rings. The Morgan fingerprint density at radius 1 is 1.45 bits per heavy atom. The van der Waals surface area contributed by atoms with Crippen LogP contribution in [0.1, 0.15) is 33.1 Å². The van der Waals surface area contributed by atoms with E-state index in [9.17, 15) is 0 Å². The SMILES string of the molecule is CO[C](CCCBr)CC(C)C. The van der Waals surface area contributed by atoms with Crippen LogP contribution in [0.3, 0.4) is 0 Å². The maximum Gasteiger partial charge on any atom is 0.0969 e. The van der Waals surface area contributed by atoms with Crippen molar-refractivity contribution >= 4 is 15.9 Å². The number of hydrogen-bond acceptors (Lipinski definition) is 1. The zero-order valence-electron chi connectivity index (χ0n) is 7.69. The second kappa shape index (κ2) is 7.11. The normalized spacial score (nSPS) is 11.5. The van der Waals surface area contributed by atoms with Gasteiger partial charge in [-0.25, -0.2) is 0 Å². The van der Waals surface area contributed by atoms with Crippen LogP contribution < -0.4 is 0 Å². The number of rotatable bonds is 6. The Kier molecular flexibility index (Phi) is 7.39. The van der Waals surface area contributed by atoms with E-state index in [1.165, 1.54) is 12.5 Å². The van der Waals surface area contributed by atoms with Crippen molar-refractivity contribution in [2.24, 2.45) is 5.92 Å². The Labute approximate surface area is 78.6 Å². The highest BCUT2D eigenvalue weighted by Gasteiger charge is 2.09. The van der Waals surface area contributed by atoms with Gasteiger partial charge in [0.05, 0.1) is 6.10 Å². The van der Waals surface area contributed by atoms with E-state index in [0.717, 1.165) is 18.2 Å². The average Bonchev–Trinajstić information content (AvgIpc) is 1.97. The summed E-state index contributed by atoms with van der Waals surface area (Å²) in [7, 11) is 1.77. The molecule has 1 radical (unpaired) electrons. The van der Waals surface area contributed by atoms with E-state index in [-0.39, 0.29) is 0 Å². The summed E-state index contributed by atoms with van der Waals surface area (Å²) in [6.07, 6.45) is 4.61. The summed E-state index contributed by atoms with van der Waals surface area (Å²) in [4.78, 5) is 0. The minimum absolute atomic E-state index is 0.709. The zero-order valence-corrected chi connectivity index (χ0v) is 9.28. The minimum atomic E-state index is 0.709. The molecule has 67 valence electrons. The molecule has 0 saturated heterocycles. The lowest BCUT2D eigenvalue weighted by molar-refractivity contribution is 0.173. The number of methoxy groups -OCH3 is 1. The lowest BCUT2D eigenvalue weighted by atomic mass is 10.0. The third-order valence-corrected chi connectivity index (χ3v) is 2.07. The molecular formula is C9H18BrO. The van der Waals surface area contributed by atoms with Crippen molar-refractivity contribution in [3.05, 3.63) is 6.10 Å². The molecule has 0 N–H and O–H groups in total. The number of halogens is 1. The summed E-state index contributed by atoms with van der Waals surface area (Å²) in [5, 5.41) is 1.07. The van der Waals surface area contributed by atoms with Crippen molar-refractivity contribution in [1.29, 1.82) is 0 Å². The Morgan fingerprint density at radius 2 is 2.09 bits per heavy atom. The Hall–Kier alpha value is 0.440. The van der Waals surface area contributed by atoms with Gasteiger partial charge < -0.3 is 4.74 Å². The molecule has 0 amide bonds. The maximum atomic E-state index is 5.26. The molecule has 2 heteroatoms. The van der Waals surface area contributed by atoms with Crippen LogP contribution in [0.5, 0.6) is 0 Å². The van der Waals surface area contributed by atoms with Crippen LogP contribution in [0.2, 0.25) is 0 Å². The fourth-order valence-corrected chi connectivity index (χ4v) is 1.29. The van der Waals surface area contributed by atoms with Crippen molar-refractivity contribution < 1.29 is 4.74 Å². The van der Waals surface area contributed by atoms with Gasteiger partial charge in [0.25, 0.3) is 0 Å². The van der Waals surface area contributed by atoms with E-state index < -0.39 is 0 Å². The van der Waals surface area contributed by atoms with Gasteiger partial charge in [0, 0.05) is 12.4 Å². The molecule has 0 aliphatic rings. The molecule has 0 saturated carbocycles. The summed E-state index contributed by atoms with van der Waals surface area (Å²) in [6.45, 7) is 4.43. The van der Waals surface area contributed by atoms with Crippen LogP contribution in [0, 0.1) is 12.0 Å². The summed E-state index contributed by atoms with van der Waals surface area (Å²) in [6, 6.07) is 0. The fraction of sp³-hybridized carbons (Fsp3) is 0.889. The molecule has 0 aromatic heterocycles. The van der Waals surface area contributed by atoms with Gasteiger partial charge in [-0.05, 0) is 25.2 Å². The number of hydrogen-bond donors (Lipinski definition) is 0.